The number of amides is 2. The minimum atomic E-state index is -0.571. The van der Waals surface area contributed by atoms with Gasteiger partial charge < -0.3 is 11.1 Å². The summed E-state index contributed by atoms with van der Waals surface area (Å²) in [5.74, 6) is -0.896. The van der Waals surface area contributed by atoms with Gasteiger partial charge in [-0.15, -0.1) is 0 Å². The molecule has 1 aliphatic rings. The number of hydrogen-bond acceptors (Lipinski definition) is 4. The largest absolute Gasteiger partial charge is 0.369 e. The van der Waals surface area contributed by atoms with Crippen molar-refractivity contribution < 1.29 is 14.5 Å². The summed E-state index contributed by atoms with van der Waals surface area (Å²) in [6.45, 7) is 0. The Labute approximate surface area is 121 Å². The zero-order chi connectivity index (χ0) is 15.4. The third-order valence-corrected chi connectivity index (χ3v) is 3.81. The second kappa shape index (κ2) is 6.34. The van der Waals surface area contributed by atoms with Crippen LogP contribution in [0.15, 0.2) is 24.3 Å². The van der Waals surface area contributed by atoms with Crippen molar-refractivity contribution in [3.8, 4) is 0 Å². The van der Waals surface area contributed by atoms with Crippen LogP contribution < -0.4 is 11.1 Å². The smallest absolute Gasteiger partial charge is 0.282 e. The van der Waals surface area contributed by atoms with Gasteiger partial charge in [0.15, 0.2) is 0 Å². The SMILES string of the molecule is NC(=O)C1CCC(NC(=O)c2ccccc2[N+](=O)[O-])CC1. The van der Waals surface area contributed by atoms with Crippen LogP contribution in [0.2, 0.25) is 0 Å². The predicted molar refractivity (Wildman–Crippen MR) is 75.5 cm³/mol. The van der Waals surface area contributed by atoms with Crippen LogP contribution in [0.3, 0.4) is 0 Å². The lowest BCUT2D eigenvalue weighted by Gasteiger charge is -2.27. The van der Waals surface area contributed by atoms with Crippen molar-refractivity contribution in [1.82, 2.24) is 5.32 Å². The van der Waals surface area contributed by atoms with Crippen molar-refractivity contribution in [2.75, 3.05) is 0 Å². The number of nitrogens with zero attached hydrogens (tertiary/aromatic N) is 1. The first-order valence-electron chi connectivity index (χ1n) is 6.82. The predicted octanol–water partition coefficient (Wildman–Crippen LogP) is 1.37. The van der Waals surface area contributed by atoms with E-state index in [2.05, 4.69) is 5.32 Å². The number of hydrogen-bond donors (Lipinski definition) is 2. The van der Waals surface area contributed by atoms with E-state index in [1.807, 2.05) is 0 Å². The van der Waals surface area contributed by atoms with Gasteiger partial charge in [-0.1, -0.05) is 12.1 Å². The number of carbonyl (C=O) groups excluding carboxylic acids is 2. The van der Waals surface area contributed by atoms with E-state index < -0.39 is 10.8 Å². The molecule has 1 saturated carbocycles. The lowest BCUT2D eigenvalue weighted by molar-refractivity contribution is -0.385. The van der Waals surface area contributed by atoms with E-state index in [0.29, 0.717) is 25.7 Å². The first kappa shape index (κ1) is 15.0. The number of para-hydroxylation sites is 1. The van der Waals surface area contributed by atoms with Gasteiger partial charge in [-0.25, -0.2) is 0 Å². The molecule has 1 aromatic carbocycles. The summed E-state index contributed by atoms with van der Waals surface area (Å²) < 4.78 is 0. The molecule has 7 heteroatoms. The van der Waals surface area contributed by atoms with E-state index in [1.54, 1.807) is 6.07 Å². The van der Waals surface area contributed by atoms with E-state index in [1.165, 1.54) is 18.2 Å². The Balaban J connectivity index is 2.00. The molecule has 21 heavy (non-hydrogen) atoms. The van der Waals surface area contributed by atoms with E-state index in [4.69, 9.17) is 5.73 Å². The Morgan fingerprint density at radius 1 is 1.19 bits per heavy atom. The van der Waals surface area contributed by atoms with E-state index in [0.717, 1.165) is 0 Å². The van der Waals surface area contributed by atoms with Crippen molar-refractivity contribution in [3.63, 3.8) is 0 Å². The maximum atomic E-state index is 12.1. The molecule has 0 atom stereocenters. The molecule has 0 unspecified atom stereocenters. The van der Waals surface area contributed by atoms with Gasteiger partial charge in [-0.3, -0.25) is 19.7 Å². The van der Waals surface area contributed by atoms with Gasteiger partial charge in [0.05, 0.1) is 4.92 Å². The molecular formula is C14H17N3O4. The Morgan fingerprint density at radius 2 is 1.81 bits per heavy atom. The summed E-state index contributed by atoms with van der Waals surface area (Å²) in [6.07, 6.45) is 2.58. The first-order valence-corrected chi connectivity index (χ1v) is 6.82. The molecule has 0 radical (unpaired) electrons. The fourth-order valence-corrected chi connectivity index (χ4v) is 2.61. The second-order valence-corrected chi connectivity index (χ2v) is 5.20. The number of nitrogens with two attached hydrogens (primary N) is 1. The van der Waals surface area contributed by atoms with Gasteiger partial charge >= 0.3 is 0 Å². The quantitative estimate of drug-likeness (QED) is 0.643. The van der Waals surface area contributed by atoms with Crippen molar-refractivity contribution in [3.05, 3.63) is 39.9 Å². The molecule has 2 amide bonds. The topological polar surface area (TPSA) is 115 Å². The van der Waals surface area contributed by atoms with Crippen molar-refractivity contribution in [2.45, 2.75) is 31.7 Å². The fraction of sp³-hybridized carbons (Fsp3) is 0.429. The maximum Gasteiger partial charge on any atom is 0.282 e. The van der Waals surface area contributed by atoms with Crippen LogP contribution in [0.4, 0.5) is 5.69 Å². The number of nitro benzene ring substituents is 1. The zero-order valence-corrected chi connectivity index (χ0v) is 11.5. The highest BCUT2D eigenvalue weighted by Gasteiger charge is 2.27. The van der Waals surface area contributed by atoms with Crippen LogP contribution >= 0.6 is 0 Å². The van der Waals surface area contributed by atoms with Crippen LogP contribution in [0.5, 0.6) is 0 Å². The van der Waals surface area contributed by atoms with Gasteiger partial charge in [-0.05, 0) is 31.7 Å². The number of nitro groups is 1. The molecule has 1 fully saturated rings. The third-order valence-electron chi connectivity index (χ3n) is 3.81. The molecule has 3 N–H and O–H groups in total. The van der Waals surface area contributed by atoms with Crippen LogP contribution in [0.25, 0.3) is 0 Å². The molecule has 2 rings (SSSR count). The van der Waals surface area contributed by atoms with E-state index in [-0.39, 0.29) is 29.1 Å². The molecule has 0 heterocycles. The lowest BCUT2D eigenvalue weighted by atomic mass is 9.85. The monoisotopic (exact) mass is 291 g/mol. The molecule has 0 aromatic heterocycles. The average molecular weight is 291 g/mol. The number of nitrogens with one attached hydrogen (secondary N) is 1. The molecule has 0 spiro atoms. The van der Waals surface area contributed by atoms with Crippen LogP contribution in [0, 0.1) is 16.0 Å². The van der Waals surface area contributed by atoms with E-state index >= 15 is 0 Å². The summed E-state index contributed by atoms with van der Waals surface area (Å²) in [7, 11) is 0. The number of benzene rings is 1. The summed E-state index contributed by atoms with van der Waals surface area (Å²) in [5, 5.41) is 13.7. The Hall–Kier alpha value is -2.44. The molecule has 1 aliphatic carbocycles. The molecule has 1 aromatic rings. The number of carbonyl (C=O) groups is 2. The Bertz CT molecular complexity index is 565. The summed E-state index contributed by atoms with van der Waals surface area (Å²) in [4.78, 5) is 33.6. The maximum absolute atomic E-state index is 12.1. The fourth-order valence-electron chi connectivity index (χ4n) is 2.61. The zero-order valence-electron chi connectivity index (χ0n) is 11.5. The molecular weight excluding hydrogens is 274 g/mol. The number of rotatable bonds is 4. The molecule has 0 aliphatic heterocycles. The second-order valence-electron chi connectivity index (χ2n) is 5.20. The van der Waals surface area contributed by atoms with Crippen LogP contribution in [-0.2, 0) is 4.79 Å². The normalized spacial score (nSPS) is 21.5. The Morgan fingerprint density at radius 3 is 2.38 bits per heavy atom. The van der Waals surface area contributed by atoms with Crippen LogP contribution in [-0.4, -0.2) is 22.8 Å². The highest BCUT2D eigenvalue weighted by atomic mass is 16.6. The highest BCUT2D eigenvalue weighted by Crippen LogP contribution is 2.25. The van der Waals surface area contributed by atoms with E-state index in [9.17, 15) is 19.7 Å². The van der Waals surface area contributed by atoms with Crippen molar-refractivity contribution in [2.24, 2.45) is 11.7 Å². The van der Waals surface area contributed by atoms with Gasteiger partial charge in [0.2, 0.25) is 5.91 Å². The van der Waals surface area contributed by atoms with Gasteiger partial charge in [0.1, 0.15) is 5.56 Å². The van der Waals surface area contributed by atoms with Crippen molar-refractivity contribution in [1.29, 1.82) is 0 Å². The minimum absolute atomic E-state index is 0.0551. The number of primary amides is 1. The highest BCUT2D eigenvalue weighted by molar-refractivity contribution is 5.98. The summed E-state index contributed by atoms with van der Waals surface area (Å²) >= 11 is 0. The molecule has 112 valence electrons. The standard InChI is InChI=1S/C14H17N3O4/c15-13(18)9-5-7-10(8-6-9)16-14(19)11-3-1-2-4-12(11)17(20)21/h1-4,9-10H,5-8H2,(H2,15,18)(H,16,19). The minimum Gasteiger partial charge on any atom is -0.369 e. The third kappa shape index (κ3) is 3.56. The van der Waals surface area contributed by atoms with Crippen LogP contribution in [0.1, 0.15) is 36.0 Å². The molecule has 0 saturated heterocycles. The van der Waals surface area contributed by atoms with Gasteiger partial charge in [0.25, 0.3) is 11.6 Å². The molecule has 7 nitrogen and oxygen atoms in total. The average Bonchev–Trinajstić information content (AvgIpc) is 2.47. The summed E-state index contributed by atoms with van der Waals surface area (Å²) in [6, 6.07) is 5.77. The Kier molecular flexibility index (Phi) is 4.52. The lowest BCUT2D eigenvalue weighted by Crippen LogP contribution is -2.39. The van der Waals surface area contributed by atoms with Gasteiger partial charge in [0, 0.05) is 18.0 Å². The summed E-state index contributed by atoms with van der Waals surface area (Å²) in [5.41, 5.74) is 5.10. The molecule has 0 bridgehead atoms. The first-order chi connectivity index (χ1) is 9.99. The van der Waals surface area contributed by atoms with Crippen molar-refractivity contribution >= 4 is 17.5 Å². The van der Waals surface area contributed by atoms with Gasteiger partial charge in [-0.2, -0.15) is 0 Å².